The molecular weight excluding hydrogens is 491 g/mol. The number of aromatic nitrogens is 3. The summed E-state index contributed by atoms with van der Waals surface area (Å²) in [6.07, 6.45) is 1.46. The highest BCUT2D eigenvalue weighted by Crippen LogP contribution is 2.27. The lowest BCUT2D eigenvalue weighted by molar-refractivity contribution is -0.118. The standard InChI is InChI=1S/C22H23Cl3N4O2S/c1-2-29-20(4-3-11-31-19-10-9-17(24)12-18(19)25)27-28-22(29)32-14-21(30)26-13-15-5-7-16(23)8-6-15/h5-10,12H,2-4,11,13-14H2,1H3,(H,26,30). The maximum atomic E-state index is 12.2. The molecule has 1 N–H and O–H groups in total. The molecule has 0 saturated heterocycles. The van der Waals surface area contributed by atoms with Gasteiger partial charge in [-0.25, -0.2) is 0 Å². The van der Waals surface area contributed by atoms with E-state index in [1.807, 2.05) is 23.6 Å². The third-order valence-corrected chi connectivity index (χ3v) is 6.29. The van der Waals surface area contributed by atoms with Crippen LogP contribution < -0.4 is 10.1 Å². The molecule has 170 valence electrons. The molecule has 6 nitrogen and oxygen atoms in total. The van der Waals surface area contributed by atoms with Gasteiger partial charge in [0.15, 0.2) is 5.16 Å². The number of amides is 1. The number of carbonyl (C=O) groups is 1. The molecule has 1 amide bonds. The first-order valence-corrected chi connectivity index (χ1v) is 12.2. The molecule has 3 aromatic rings. The fourth-order valence-electron chi connectivity index (χ4n) is 2.92. The molecule has 0 saturated carbocycles. The Morgan fingerprint density at radius 2 is 1.84 bits per heavy atom. The van der Waals surface area contributed by atoms with Gasteiger partial charge in [-0.2, -0.15) is 0 Å². The monoisotopic (exact) mass is 512 g/mol. The molecule has 1 aromatic heterocycles. The van der Waals surface area contributed by atoms with Crippen molar-refractivity contribution < 1.29 is 9.53 Å². The average molecular weight is 514 g/mol. The summed E-state index contributed by atoms with van der Waals surface area (Å²) in [4.78, 5) is 12.2. The largest absolute Gasteiger partial charge is 0.492 e. The van der Waals surface area contributed by atoms with Gasteiger partial charge < -0.3 is 14.6 Å². The molecule has 0 aliphatic heterocycles. The van der Waals surface area contributed by atoms with E-state index in [1.54, 1.807) is 30.3 Å². The van der Waals surface area contributed by atoms with Crippen LogP contribution in [0.1, 0.15) is 24.7 Å². The number of nitrogens with one attached hydrogen (secondary N) is 1. The van der Waals surface area contributed by atoms with Crippen molar-refractivity contribution >= 4 is 52.5 Å². The first-order valence-electron chi connectivity index (χ1n) is 10.1. The Bertz CT molecular complexity index is 1040. The summed E-state index contributed by atoms with van der Waals surface area (Å²) in [7, 11) is 0. The van der Waals surface area contributed by atoms with Gasteiger partial charge >= 0.3 is 0 Å². The smallest absolute Gasteiger partial charge is 0.230 e. The van der Waals surface area contributed by atoms with Crippen LogP contribution in [0.3, 0.4) is 0 Å². The lowest BCUT2D eigenvalue weighted by Crippen LogP contribution is -2.24. The number of nitrogens with zero attached hydrogens (tertiary/aromatic N) is 3. The normalized spacial score (nSPS) is 10.9. The molecular formula is C22H23Cl3N4O2S. The zero-order valence-electron chi connectivity index (χ0n) is 17.5. The van der Waals surface area contributed by atoms with E-state index in [1.165, 1.54) is 11.8 Å². The van der Waals surface area contributed by atoms with Crippen LogP contribution in [0.25, 0.3) is 0 Å². The predicted molar refractivity (Wildman–Crippen MR) is 130 cm³/mol. The Morgan fingerprint density at radius 3 is 2.56 bits per heavy atom. The van der Waals surface area contributed by atoms with Crippen molar-refractivity contribution in [2.45, 2.75) is 38.0 Å². The molecule has 3 rings (SSSR count). The summed E-state index contributed by atoms with van der Waals surface area (Å²) in [5.74, 6) is 1.67. The van der Waals surface area contributed by atoms with E-state index in [2.05, 4.69) is 15.5 Å². The number of hydrogen-bond acceptors (Lipinski definition) is 5. The Hall–Kier alpha value is -1.93. The molecule has 10 heteroatoms. The fourth-order valence-corrected chi connectivity index (χ4v) is 4.36. The number of halogens is 3. The minimum Gasteiger partial charge on any atom is -0.492 e. The first kappa shape index (κ1) is 24.7. The third kappa shape index (κ3) is 7.30. The number of thioether (sulfide) groups is 1. The second-order valence-corrected chi connectivity index (χ2v) is 9.08. The van der Waals surface area contributed by atoms with Crippen molar-refractivity contribution in [2.75, 3.05) is 12.4 Å². The molecule has 0 aliphatic carbocycles. The van der Waals surface area contributed by atoms with E-state index < -0.39 is 0 Å². The van der Waals surface area contributed by atoms with Gasteiger partial charge in [-0.15, -0.1) is 10.2 Å². The van der Waals surface area contributed by atoms with Crippen molar-refractivity contribution in [1.82, 2.24) is 20.1 Å². The van der Waals surface area contributed by atoms with Crippen LogP contribution in [0, 0.1) is 0 Å². The van der Waals surface area contributed by atoms with Gasteiger partial charge in [0.2, 0.25) is 5.91 Å². The van der Waals surface area contributed by atoms with Crippen LogP contribution >= 0.6 is 46.6 Å². The lowest BCUT2D eigenvalue weighted by atomic mass is 10.2. The summed E-state index contributed by atoms with van der Waals surface area (Å²) >= 11 is 19.3. The summed E-state index contributed by atoms with van der Waals surface area (Å²) in [5, 5.41) is 13.9. The topological polar surface area (TPSA) is 69.0 Å². The van der Waals surface area contributed by atoms with Crippen LogP contribution in [0.2, 0.25) is 15.1 Å². The number of aryl methyl sites for hydroxylation is 1. The average Bonchev–Trinajstić information content (AvgIpc) is 3.17. The van der Waals surface area contributed by atoms with Crippen LogP contribution in [0.5, 0.6) is 5.75 Å². The van der Waals surface area contributed by atoms with Crippen molar-refractivity contribution in [3.05, 3.63) is 68.9 Å². The van der Waals surface area contributed by atoms with Gasteiger partial charge in [0.05, 0.1) is 17.4 Å². The molecule has 0 bridgehead atoms. The summed E-state index contributed by atoms with van der Waals surface area (Å²) < 4.78 is 7.75. The summed E-state index contributed by atoms with van der Waals surface area (Å²) in [6.45, 7) is 3.70. The van der Waals surface area contributed by atoms with E-state index in [0.29, 0.717) is 40.4 Å². The van der Waals surface area contributed by atoms with Crippen molar-refractivity contribution in [3.63, 3.8) is 0 Å². The molecule has 0 fully saturated rings. The van der Waals surface area contributed by atoms with Gasteiger partial charge in [0.25, 0.3) is 0 Å². The second-order valence-electron chi connectivity index (χ2n) is 6.86. The van der Waals surface area contributed by atoms with Crippen LogP contribution in [-0.2, 0) is 24.3 Å². The number of ether oxygens (including phenoxy) is 1. The highest BCUT2D eigenvalue weighted by atomic mass is 35.5. The van der Waals surface area contributed by atoms with Gasteiger partial charge in [0.1, 0.15) is 11.6 Å². The number of carbonyl (C=O) groups excluding carboxylic acids is 1. The van der Waals surface area contributed by atoms with E-state index in [4.69, 9.17) is 39.5 Å². The quantitative estimate of drug-likeness (QED) is 0.264. The van der Waals surface area contributed by atoms with E-state index >= 15 is 0 Å². The van der Waals surface area contributed by atoms with Crippen LogP contribution in [0.4, 0.5) is 0 Å². The molecule has 32 heavy (non-hydrogen) atoms. The molecule has 2 aromatic carbocycles. The van der Waals surface area contributed by atoms with E-state index in [-0.39, 0.29) is 11.7 Å². The first-order chi connectivity index (χ1) is 15.5. The minimum atomic E-state index is -0.0644. The van der Waals surface area contributed by atoms with Crippen LogP contribution in [0.15, 0.2) is 47.6 Å². The molecule has 0 aliphatic rings. The Morgan fingerprint density at radius 1 is 1.09 bits per heavy atom. The molecule has 0 spiro atoms. The van der Waals surface area contributed by atoms with Gasteiger partial charge in [-0.3, -0.25) is 4.79 Å². The maximum absolute atomic E-state index is 12.2. The predicted octanol–water partition coefficient (Wildman–Crippen LogP) is 5.68. The highest BCUT2D eigenvalue weighted by molar-refractivity contribution is 7.99. The minimum absolute atomic E-state index is 0.0644. The molecule has 1 heterocycles. The fraction of sp³-hybridized carbons (Fsp3) is 0.318. The number of benzene rings is 2. The zero-order valence-corrected chi connectivity index (χ0v) is 20.6. The van der Waals surface area contributed by atoms with Crippen molar-refractivity contribution in [1.29, 1.82) is 0 Å². The third-order valence-electron chi connectivity index (χ3n) is 4.54. The Kier molecular flexibility index (Phi) is 9.53. The Labute approximate surface area is 206 Å². The zero-order chi connectivity index (χ0) is 22.9. The van der Waals surface area contributed by atoms with Crippen LogP contribution in [-0.4, -0.2) is 33.0 Å². The molecule has 0 atom stereocenters. The maximum Gasteiger partial charge on any atom is 0.230 e. The van der Waals surface area contributed by atoms with Gasteiger partial charge in [-0.05, 0) is 49.2 Å². The second kappa shape index (κ2) is 12.3. The number of rotatable bonds is 11. The number of hydrogen-bond donors (Lipinski definition) is 1. The lowest BCUT2D eigenvalue weighted by Gasteiger charge is -2.09. The SMILES string of the molecule is CCn1c(CCCOc2ccc(Cl)cc2Cl)nnc1SCC(=O)NCc1ccc(Cl)cc1. The van der Waals surface area contributed by atoms with Gasteiger partial charge in [-0.1, -0.05) is 58.7 Å². The van der Waals surface area contributed by atoms with E-state index in [9.17, 15) is 4.79 Å². The van der Waals surface area contributed by atoms with E-state index in [0.717, 1.165) is 29.5 Å². The summed E-state index contributed by atoms with van der Waals surface area (Å²) in [5.41, 5.74) is 0.994. The van der Waals surface area contributed by atoms with Crippen molar-refractivity contribution in [3.8, 4) is 5.75 Å². The van der Waals surface area contributed by atoms with Gasteiger partial charge in [0, 0.05) is 29.6 Å². The molecule has 0 unspecified atom stereocenters. The highest BCUT2D eigenvalue weighted by Gasteiger charge is 2.13. The Balaban J connectivity index is 1.44. The molecule has 0 radical (unpaired) electrons. The summed E-state index contributed by atoms with van der Waals surface area (Å²) in [6, 6.07) is 12.5. The van der Waals surface area contributed by atoms with Crippen molar-refractivity contribution in [2.24, 2.45) is 0 Å².